The Labute approximate surface area is 648 Å². The number of nitrogens with two attached hydrogens (primary N) is 3. The molecule has 35 nitrogen and oxygen atoms in total. The van der Waals surface area contributed by atoms with Crippen molar-refractivity contribution in [3.63, 3.8) is 0 Å². The number of aromatic amines is 3. The summed E-state index contributed by atoms with van der Waals surface area (Å²) in [5.41, 5.74) is 27.7. The summed E-state index contributed by atoms with van der Waals surface area (Å²) in [7, 11) is 0. The number of nitrogens with one attached hydrogen (secondary N) is 11. The number of imidazole rings is 1. The summed E-state index contributed by atoms with van der Waals surface area (Å²) in [5, 5.41) is 69.8. The lowest BCUT2D eigenvalue weighted by molar-refractivity contribution is -0.143. The number of aliphatic hydroxyl groups excluding tert-OH is 1. The number of carboxylic acid groups (broad SMARTS) is 4. The van der Waals surface area contributed by atoms with Crippen LogP contribution in [0.15, 0.2) is 36.8 Å². The van der Waals surface area contributed by atoms with Crippen molar-refractivity contribution < 1.29 is 87.9 Å². The lowest BCUT2D eigenvalue weighted by atomic mass is 9.98. The minimum Gasteiger partial charge on any atom is -0.481 e. The van der Waals surface area contributed by atoms with Gasteiger partial charge < -0.3 is 100 Å². The number of hydrogen-bond donors (Lipinski definition) is 19. The van der Waals surface area contributed by atoms with Gasteiger partial charge in [0.1, 0.15) is 48.3 Å². The van der Waals surface area contributed by atoms with Crippen LogP contribution in [0.5, 0.6) is 0 Å². The highest BCUT2D eigenvalue weighted by atomic mass is 32.2. The minimum atomic E-state index is -1.91. The second-order valence-electron chi connectivity index (χ2n) is 28.2. The molecule has 0 saturated carbocycles. The molecule has 9 bridgehead atoms. The van der Waals surface area contributed by atoms with Gasteiger partial charge in [0.15, 0.2) is 0 Å². The van der Waals surface area contributed by atoms with Crippen LogP contribution < -0.4 is 59.7 Å². The number of amides is 9. The summed E-state index contributed by atoms with van der Waals surface area (Å²) in [4.78, 5) is 201. The lowest BCUT2D eigenvalue weighted by Gasteiger charge is -2.30. The highest BCUT2D eigenvalue weighted by molar-refractivity contribution is 7.99. The average Bonchev–Trinajstić information content (AvgIpc) is 1.61. The van der Waals surface area contributed by atoms with Gasteiger partial charge in [-0.05, 0) is 182 Å². The number of carbonyl (C=O) groups excluding carboxylic acids is 9. The molecule has 0 saturated heterocycles. The van der Waals surface area contributed by atoms with E-state index >= 15 is 4.79 Å². The Balaban J connectivity index is 1.34. The molecule has 0 aliphatic carbocycles. The number of carboxylic acids is 4. The second kappa shape index (κ2) is 39.9. The number of H-pyrrole nitrogens is 3. The number of aryl methyl sites for hydroxylation is 2. The van der Waals surface area contributed by atoms with E-state index in [1.54, 1.807) is 6.07 Å². The van der Waals surface area contributed by atoms with E-state index in [0.717, 1.165) is 18.1 Å². The van der Waals surface area contributed by atoms with Gasteiger partial charge in [-0.15, -0.1) is 0 Å². The molecule has 22 N–H and O–H groups in total. The normalized spacial score (nSPS) is 19.6. The van der Waals surface area contributed by atoms with E-state index in [9.17, 15) is 83.1 Å². The molecule has 7 rings (SSSR count). The summed E-state index contributed by atoms with van der Waals surface area (Å²) in [6.45, 7) is 17.0. The molecule has 111 heavy (non-hydrogen) atoms. The molecule has 37 heteroatoms. The van der Waals surface area contributed by atoms with E-state index in [-0.39, 0.29) is 62.3 Å². The molecule has 12 atom stereocenters. The smallest absolute Gasteiger partial charge is 0.326 e. The van der Waals surface area contributed by atoms with Crippen molar-refractivity contribution in [2.24, 2.45) is 23.1 Å². The first kappa shape index (κ1) is 87.7. The van der Waals surface area contributed by atoms with Crippen molar-refractivity contribution in [1.29, 1.82) is 0 Å². The fourth-order valence-corrected chi connectivity index (χ4v) is 15.4. The Bertz CT molecular complexity index is 4440. The molecule has 3 aliphatic heterocycles. The maximum Gasteiger partial charge on any atom is 0.326 e. The summed E-state index contributed by atoms with van der Waals surface area (Å²) >= 11 is 2.52. The van der Waals surface area contributed by atoms with Crippen LogP contribution >= 0.6 is 23.5 Å². The number of rotatable bonds is 31. The number of unbranched alkanes of at least 4 members (excludes halogenated alkanes) is 1. The monoisotopic (exact) mass is 1580 g/mol. The first-order chi connectivity index (χ1) is 52.4. The molecule has 0 spiro atoms. The topological polar surface area (TPSA) is 583 Å². The zero-order valence-corrected chi connectivity index (χ0v) is 65.1. The molecule has 0 fully saturated rings. The largest absolute Gasteiger partial charge is 0.481 e. The Hall–Kier alpha value is -10.5. The molecule has 12 unspecified atom stereocenters. The molecule has 4 aromatic heterocycles. The SMILES string of the molecule is CC1=C(CCC(=O)O)c2cc3nc(cc4[nH]c5cc6[nH]c(cc1n2)c(C)c6C(C)SCC(C(=O)NC(Cc1cnc[nH]1)C(=O)NC(C(=O)NC(C(=O)NC(CCC(=O)O)C(=O)NC(CCCCN)C(=O)O)C(C)C)C(C)O)NC(=O)C(CCC(N)=O)NC(=O)C(C)NC(=O)C(N)CSC(C)c4c5C)C(C)=C3CCC(=O)O. The van der Waals surface area contributed by atoms with Gasteiger partial charge in [0.25, 0.3) is 0 Å². The standard InChI is InChI=1S/C74H101N17O18S2/c1-32(2)64(72(106)86-46(17-21-61(98)99)68(102)87-47(74(108)109)13-11-12-22-75)90-73(107)65(38(8)92)91-70(104)56(23-41-28-78-31-79-41)88-71(105)57-30-111-40(10)63-35(5)50-24-48-33(3)42(14-19-59(94)95)52(81-48)27-53-43(15-20-60(96)97)34(4)49(82-53)25-54-62(36(6)51(84-54)26-55(63)83-50)39(9)110-29-44(76)67(101)80-37(7)66(100)85-45(69(103)89-57)16-18-58(77)93/h24-28,31-32,37-40,44-47,56-57,64-65,83-84,92H,11-23,29-30,75-76H2,1-10H3,(H2,77,93)(H,78,79)(H,80,101)(H,85,100)(H,86,106)(H,87,102)(H,88,105)(H,89,103)(H,90,107)(H,91,104)(H,94,95)(H,96,97)(H,98,99)(H,108,109). The fourth-order valence-electron chi connectivity index (χ4n) is 13.1. The van der Waals surface area contributed by atoms with Gasteiger partial charge in [0, 0.05) is 88.1 Å². The van der Waals surface area contributed by atoms with Gasteiger partial charge >= 0.3 is 23.9 Å². The number of nitrogens with zero attached hydrogens (tertiary/aromatic N) is 3. The van der Waals surface area contributed by atoms with Crippen molar-refractivity contribution in [2.45, 2.75) is 217 Å². The van der Waals surface area contributed by atoms with Crippen molar-refractivity contribution in [1.82, 2.24) is 72.4 Å². The van der Waals surface area contributed by atoms with Crippen LogP contribution in [0, 0.1) is 19.8 Å². The number of carbonyl (C=O) groups is 13. The van der Waals surface area contributed by atoms with E-state index in [1.807, 2.05) is 59.7 Å². The Morgan fingerprint density at radius 2 is 1.12 bits per heavy atom. The van der Waals surface area contributed by atoms with Crippen molar-refractivity contribution in [3.05, 3.63) is 87.5 Å². The number of primary amides is 1. The number of thioether (sulfide) groups is 2. The highest BCUT2D eigenvalue weighted by Crippen LogP contribution is 2.42. The predicted octanol–water partition coefficient (Wildman–Crippen LogP) is 2.70. The van der Waals surface area contributed by atoms with E-state index in [4.69, 9.17) is 27.2 Å². The molecule has 9 amide bonds. The van der Waals surface area contributed by atoms with Crippen LogP contribution in [-0.2, 0) is 68.7 Å². The molecule has 0 aromatic carbocycles. The van der Waals surface area contributed by atoms with Crippen LogP contribution in [0.25, 0.3) is 44.4 Å². The number of aromatic nitrogens is 6. The number of aliphatic hydroxyl groups is 1. The van der Waals surface area contributed by atoms with Gasteiger partial charge in [-0.2, -0.15) is 23.5 Å². The zero-order valence-electron chi connectivity index (χ0n) is 63.5. The summed E-state index contributed by atoms with van der Waals surface area (Å²) in [6.07, 6.45) is -1.12. The quantitative estimate of drug-likeness (QED) is 0.0322. The average molecular weight is 1580 g/mol. The Morgan fingerprint density at radius 3 is 1.65 bits per heavy atom. The van der Waals surface area contributed by atoms with Crippen LogP contribution in [0.3, 0.4) is 0 Å². The second-order valence-corrected chi connectivity index (χ2v) is 31.0. The summed E-state index contributed by atoms with van der Waals surface area (Å²) in [5.74, 6) is -14.8. The van der Waals surface area contributed by atoms with Crippen molar-refractivity contribution >= 4 is 145 Å². The van der Waals surface area contributed by atoms with Gasteiger partial charge in [0.05, 0.1) is 41.2 Å². The molecule has 4 aromatic rings. The molecular formula is C74H101N17O18S2. The van der Waals surface area contributed by atoms with Crippen molar-refractivity contribution in [2.75, 3.05) is 18.1 Å². The third-order valence-electron chi connectivity index (χ3n) is 19.5. The first-order valence-electron chi connectivity index (χ1n) is 36.5. The van der Waals surface area contributed by atoms with Crippen LogP contribution in [0.1, 0.15) is 187 Å². The van der Waals surface area contributed by atoms with Gasteiger partial charge in [0.2, 0.25) is 53.2 Å². The summed E-state index contributed by atoms with van der Waals surface area (Å²) < 4.78 is 0. The highest BCUT2D eigenvalue weighted by Gasteiger charge is 2.39. The number of fused-ring (bicyclic) bond motifs is 8. The Kier molecular flexibility index (Phi) is 31.6. The molecule has 0 radical (unpaired) electrons. The van der Waals surface area contributed by atoms with Crippen molar-refractivity contribution in [3.8, 4) is 0 Å². The molecule has 3 aliphatic rings. The molecule has 602 valence electrons. The Morgan fingerprint density at radius 1 is 0.586 bits per heavy atom. The van der Waals surface area contributed by atoms with Crippen LogP contribution in [0.2, 0.25) is 0 Å². The number of hydrogen-bond acceptors (Lipinski definition) is 21. The number of allylic oxidation sites excluding steroid dienone is 4. The first-order valence-corrected chi connectivity index (χ1v) is 38.6. The van der Waals surface area contributed by atoms with E-state index in [0.29, 0.717) is 91.1 Å². The maximum absolute atomic E-state index is 15.4. The summed E-state index contributed by atoms with van der Waals surface area (Å²) in [6, 6.07) is -6.74. The third-order valence-corrected chi connectivity index (χ3v) is 22.0. The fraction of sp³-hybridized carbons (Fsp3) is 0.514. The predicted molar refractivity (Wildman–Crippen MR) is 415 cm³/mol. The van der Waals surface area contributed by atoms with E-state index in [1.165, 1.54) is 56.8 Å². The zero-order chi connectivity index (χ0) is 82.0. The van der Waals surface area contributed by atoms with Crippen LogP contribution in [0.4, 0.5) is 0 Å². The van der Waals surface area contributed by atoms with Gasteiger partial charge in [-0.1, -0.05) is 13.8 Å². The third kappa shape index (κ3) is 23.8. The van der Waals surface area contributed by atoms with Crippen LogP contribution in [-0.4, -0.2) is 211 Å². The van der Waals surface area contributed by atoms with Gasteiger partial charge in [-0.25, -0.2) is 19.7 Å². The lowest BCUT2D eigenvalue weighted by Crippen LogP contribution is -2.63. The van der Waals surface area contributed by atoms with Gasteiger partial charge in [-0.3, -0.25) is 57.5 Å². The van der Waals surface area contributed by atoms with E-state index < -0.39 is 180 Å². The number of aliphatic carboxylic acids is 4. The maximum atomic E-state index is 15.4. The minimum absolute atomic E-state index is 0.0251. The molecule has 7 heterocycles. The molecular weight excluding hydrogens is 1480 g/mol. The van der Waals surface area contributed by atoms with E-state index in [2.05, 4.69) is 62.5 Å².